The molecule has 1 aliphatic heterocycles. The fourth-order valence-corrected chi connectivity index (χ4v) is 3.03. The highest BCUT2D eigenvalue weighted by molar-refractivity contribution is 5.99. The number of rotatable bonds is 10. The van der Waals surface area contributed by atoms with Crippen molar-refractivity contribution in [3.63, 3.8) is 0 Å². The number of hydroxylamine groups is 1. The molecule has 2 amide bonds. The lowest BCUT2D eigenvalue weighted by Gasteiger charge is -2.39. The Kier molecular flexibility index (Phi) is 7.63. The monoisotopic (exact) mass is 378 g/mol. The van der Waals surface area contributed by atoms with Gasteiger partial charge in [-0.05, 0) is 37.0 Å². The fraction of sp³-hybridized carbons (Fsp3) is 0.474. The van der Waals surface area contributed by atoms with Crippen molar-refractivity contribution in [2.75, 3.05) is 34.0 Å². The number of hydrogen-bond acceptors (Lipinski definition) is 6. The summed E-state index contributed by atoms with van der Waals surface area (Å²) in [5, 5.41) is 8.80. The van der Waals surface area contributed by atoms with Gasteiger partial charge in [-0.15, -0.1) is 6.58 Å². The van der Waals surface area contributed by atoms with E-state index in [9.17, 15) is 9.59 Å². The van der Waals surface area contributed by atoms with Crippen LogP contribution in [-0.4, -0.2) is 61.9 Å². The first-order valence-corrected chi connectivity index (χ1v) is 8.75. The van der Waals surface area contributed by atoms with Crippen molar-refractivity contribution in [2.45, 2.75) is 25.3 Å². The third-order valence-electron chi connectivity index (χ3n) is 4.47. The van der Waals surface area contributed by atoms with Crippen LogP contribution in [-0.2, 0) is 16.0 Å². The van der Waals surface area contributed by atoms with Crippen molar-refractivity contribution >= 4 is 11.8 Å². The standard InChI is InChI=1S/C19H26N2O6/c1-4-9-27-10-5-6-13-11-14(12-16(25-2)17(13)26-3)19(23)21-8-7-15(21)18(22)20-24/h4,11-12,15,24H,1,5-10H2,2-3H3,(H,20,22). The topological polar surface area (TPSA) is 97.3 Å². The molecule has 2 rings (SSSR count). The van der Waals surface area contributed by atoms with Crippen molar-refractivity contribution in [3.8, 4) is 11.5 Å². The number of carbonyl (C=O) groups is 2. The number of likely N-dealkylation sites (tertiary alicyclic amines) is 1. The molecular weight excluding hydrogens is 352 g/mol. The van der Waals surface area contributed by atoms with E-state index >= 15 is 0 Å². The summed E-state index contributed by atoms with van der Waals surface area (Å²) in [6.07, 6.45) is 3.58. The Balaban J connectivity index is 2.20. The van der Waals surface area contributed by atoms with Gasteiger partial charge in [-0.25, -0.2) is 5.48 Å². The molecule has 0 radical (unpaired) electrons. The van der Waals surface area contributed by atoms with E-state index < -0.39 is 11.9 Å². The molecule has 1 heterocycles. The van der Waals surface area contributed by atoms with Gasteiger partial charge in [0.15, 0.2) is 11.5 Å². The number of ether oxygens (including phenoxy) is 3. The summed E-state index contributed by atoms with van der Waals surface area (Å²) in [4.78, 5) is 25.9. The number of aryl methyl sites for hydroxylation is 1. The summed E-state index contributed by atoms with van der Waals surface area (Å²) in [5.41, 5.74) is 2.83. The second-order valence-electron chi connectivity index (χ2n) is 6.12. The van der Waals surface area contributed by atoms with Crippen LogP contribution >= 0.6 is 0 Å². The van der Waals surface area contributed by atoms with Gasteiger partial charge in [0, 0.05) is 18.7 Å². The highest BCUT2D eigenvalue weighted by Crippen LogP contribution is 2.34. The van der Waals surface area contributed by atoms with Crippen LogP contribution in [0.15, 0.2) is 24.8 Å². The van der Waals surface area contributed by atoms with Crippen LogP contribution in [0.25, 0.3) is 0 Å². The molecule has 1 atom stereocenters. The van der Waals surface area contributed by atoms with Crippen molar-refractivity contribution < 1.29 is 29.0 Å². The Labute approximate surface area is 158 Å². The molecule has 0 saturated carbocycles. The molecule has 0 spiro atoms. The molecule has 1 aromatic carbocycles. The summed E-state index contributed by atoms with van der Waals surface area (Å²) in [6, 6.07) is 2.69. The van der Waals surface area contributed by atoms with Crippen LogP contribution in [0, 0.1) is 0 Å². The average molecular weight is 378 g/mol. The predicted octanol–water partition coefficient (Wildman–Crippen LogP) is 1.56. The van der Waals surface area contributed by atoms with Crippen molar-refractivity contribution in [3.05, 3.63) is 35.9 Å². The molecule has 2 N–H and O–H groups in total. The lowest BCUT2D eigenvalue weighted by atomic mass is 9.98. The van der Waals surface area contributed by atoms with Gasteiger partial charge < -0.3 is 19.1 Å². The van der Waals surface area contributed by atoms with Crippen LogP contribution in [0.2, 0.25) is 0 Å². The molecule has 8 nitrogen and oxygen atoms in total. The first-order chi connectivity index (χ1) is 13.1. The number of nitrogens with one attached hydrogen (secondary N) is 1. The zero-order chi connectivity index (χ0) is 19.8. The molecule has 0 bridgehead atoms. The largest absolute Gasteiger partial charge is 0.493 e. The summed E-state index contributed by atoms with van der Waals surface area (Å²) in [6.45, 7) is 5.10. The van der Waals surface area contributed by atoms with E-state index in [0.29, 0.717) is 49.7 Å². The Morgan fingerprint density at radius 1 is 1.37 bits per heavy atom. The van der Waals surface area contributed by atoms with Gasteiger partial charge in [0.05, 0.1) is 20.8 Å². The van der Waals surface area contributed by atoms with Crippen molar-refractivity contribution in [1.82, 2.24) is 10.4 Å². The molecule has 0 aromatic heterocycles. The third-order valence-corrected chi connectivity index (χ3v) is 4.47. The van der Waals surface area contributed by atoms with E-state index in [1.54, 1.807) is 30.8 Å². The van der Waals surface area contributed by atoms with Gasteiger partial charge >= 0.3 is 0 Å². The molecule has 0 aliphatic carbocycles. The van der Waals surface area contributed by atoms with Gasteiger partial charge in [-0.3, -0.25) is 14.8 Å². The summed E-state index contributed by atoms with van der Waals surface area (Å²) in [5.74, 6) is 0.148. The highest BCUT2D eigenvalue weighted by Gasteiger charge is 2.38. The zero-order valence-electron chi connectivity index (χ0n) is 15.7. The number of hydrogen-bond donors (Lipinski definition) is 2. The van der Waals surface area contributed by atoms with Crippen molar-refractivity contribution in [2.24, 2.45) is 0 Å². The Bertz CT molecular complexity index is 691. The molecule has 8 heteroatoms. The second-order valence-corrected chi connectivity index (χ2v) is 6.12. The minimum atomic E-state index is -0.661. The first-order valence-electron chi connectivity index (χ1n) is 8.75. The minimum absolute atomic E-state index is 0.292. The highest BCUT2D eigenvalue weighted by atomic mass is 16.5. The molecule has 1 aliphatic rings. The molecule has 148 valence electrons. The smallest absolute Gasteiger partial charge is 0.266 e. The Morgan fingerprint density at radius 3 is 2.70 bits per heavy atom. The quantitative estimate of drug-likeness (QED) is 0.278. The fourth-order valence-electron chi connectivity index (χ4n) is 3.03. The third kappa shape index (κ3) is 4.78. The summed E-state index contributed by atoms with van der Waals surface area (Å²) in [7, 11) is 3.06. The maximum atomic E-state index is 12.8. The Morgan fingerprint density at radius 2 is 2.15 bits per heavy atom. The van der Waals surface area contributed by atoms with E-state index in [1.165, 1.54) is 12.0 Å². The van der Waals surface area contributed by atoms with Crippen LogP contribution in [0.1, 0.15) is 28.8 Å². The van der Waals surface area contributed by atoms with Gasteiger partial charge in [0.25, 0.3) is 11.8 Å². The predicted molar refractivity (Wildman–Crippen MR) is 98.3 cm³/mol. The maximum absolute atomic E-state index is 12.8. The van der Waals surface area contributed by atoms with Gasteiger partial charge in [-0.2, -0.15) is 0 Å². The first kappa shape index (κ1) is 20.7. The van der Waals surface area contributed by atoms with Gasteiger partial charge in [0.1, 0.15) is 6.04 Å². The van der Waals surface area contributed by atoms with Crippen LogP contribution in [0.3, 0.4) is 0 Å². The van der Waals surface area contributed by atoms with Gasteiger partial charge in [-0.1, -0.05) is 6.08 Å². The molecular formula is C19H26N2O6. The van der Waals surface area contributed by atoms with Crippen molar-refractivity contribution in [1.29, 1.82) is 0 Å². The van der Waals surface area contributed by atoms with E-state index in [2.05, 4.69) is 6.58 Å². The number of nitrogens with zero attached hydrogens (tertiary/aromatic N) is 1. The SMILES string of the molecule is C=CCOCCCc1cc(C(=O)N2CCC2C(=O)NO)cc(OC)c1OC. The summed E-state index contributed by atoms with van der Waals surface area (Å²) < 4.78 is 16.2. The molecule has 1 saturated heterocycles. The normalized spacial score (nSPS) is 15.7. The number of methoxy groups -OCH3 is 2. The number of amides is 2. The van der Waals surface area contributed by atoms with Crippen LogP contribution < -0.4 is 15.0 Å². The molecule has 27 heavy (non-hydrogen) atoms. The lowest BCUT2D eigenvalue weighted by Crippen LogP contribution is -2.57. The number of benzene rings is 1. The van der Waals surface area contributed by atoms with Gasteiger partial charge in [0.2, 0.25) is 0 Å². The van der Waals surface area contributed by atoms with Crippen LogP contribution in [0.4, 0.5) is 0 Å². The Hall–Kier alpha value is -2.58. The average Bonchev–Trinajstić information content (AvgIpc) is 2.65. The van der Waals surface area contributed by atoms with E-state index in [1.807, 2.05) is 0 Å². The summed E-state index contributed by atoms with van der Waals surface area (Å²) >= 11 is 0. The van der Waals surface area contributed by atoms with E-state index in [0.717, 1.165) is 12.0 Å². The van der Waals surface area contributed by atoms with E-state index in [-0.39, 0.29) is 5.91 Å². The molecule has 1 fully saturated rings. The van der Waals surface area contributed by atoms with E-state index in [4.69, 9.17) is 19.4 Å². The lowest BCUT2D eigenvalue weighted by molar-refractivity contribution is -0.137. The van der Waals surface area contributed by atoms with Crippen LogP contribution in [0.5, 0.6) is 11.5 Å². The number of carbonyl (C=O) groups excluding carboxylic acids is 2. The molecule has 1 unspecified atom stereocenters. The maximum Gasteiger partial charge on any atom is 0.266 e. The second kappa shape index (κ2) is 9.94. The molecule has 1 aromatic rings. The minimum Gasteiger partial charge on any atom is -0.493 e. The zero-order valence-corrected chi connectivity index (χ0v) is 15.7.